The van der Waals surface area contributed by atoms with E-state index in [-0.39, 0.29) is 18.9 Å². The van der Waals surface area contributed by atoms with Crippen molar-refractivity contribution < 1.29 is 20.1 Å². The largest absolute Gasteiger partial charge is 0.394 e. The summed E-state index contributed by atoms with van der Waals surface area (Å²) in [4.78, 5) is 12.4. The van der Waals surface area contributed by atoms with Crippen LogP contribution in [0.1, 0.15) is 213 Å². The van der Waals surface area contributed by atoms with Crippen molar-refractivity contribution in [2.75, 3.05) is 6.61 Å². The van der Waals surface area contributed by atoms with Crippen LogP contribution in [0.4, 0.5) is 0 Å². The fourth-order valence-corrected chi connectivity index (χ4v) is 6.44. The molecule has 5 heteroatoms. The van der Waals surface area contributed by atoms with Gasteiger partial charge in [-0.1, -0.05) is 191 Å². The summed E-state index contributed by atoms with van der Waals surface area (Å²) in [6.07, 6.45) is 52.6. The summed E-state index contributed by atoms with van der Waals surface area (Å²) in [5, 5.41) is 33.1. The highest BCUT2D eigenvalue weighted by molar-refractivity contribution is 5.76. The lowest BCUT2D eigenvalue weighted by atomic mass is 10.0. The number of hydrogen-bond acceptors (Lipinski definition) is 4. The van der Waals surface area contributed by atoms with Gasteiger partial charge >= 0.3 is 0 Å². The Morgan fingerprint density at radius 3 is 1.37 bits per heavy atom. The summed E-state index contributed by atoms with van der Waals surface area (Å²) in [6, 6.07) is -0.762. The van der Waals surface area contributed by atoms with Gasteiger partial charge in [0.1, 0.15) is 0 Å². The number of aliphatic hydroxyl groups excluding tert-OH is 3. The smallest absolute Gasteiger partial charge is 0.222 e. The Bertz CT molecular complexity index is 835. The molecule has 0 aromatic heterocycles. The molecule has 3 atom stereocenters. The summed E-state index contributed by atoms with van der Waals surface area (Å²) < 4.78 is 0. The zero-order chi connectivity index (χ0) is 37.3. The average Bonchev–Trinajstić information content (AvgIpc) is 3.12. The standard InChI is InChI=1S/C46H85NO4/c1-3-5-7-9-11-13-15-16-17-18-19-20-21-22-23-24-25-26-27-28-30-31-33-35-37-39-43(49)41-46(51)47-44(42-48)45(50)40-38-36-34-32-29-14-12-10-8-6-4-2/h19-20,22-23,29,32,38,40,43-45,48-50H,3-18,21,24-28,30-31,33-37,39,41-42H2,1-2H3,(H,47,51)/b20-19-,23-22-,32-29+,40-38+. The SMILES string of the molecule is CCCCCCC/C=C/CC/C=C/C(O)C(CO)NC(=O)CC(O)CCCCCCCCCCC/C=C\C/C=C\CCCCCCCCCCC. The summed E-state index contributed by atoms with van der Waals surface area (Å²) in [6.45, 7) is 4.17. The van der Waals surface area contributed by atoms with E-state index < -0.39 is 18.2 Å². The van der Waals surface area contributed by atoms with Gasteiger partial charge in [-0.15, -0.1) is 0 Å². The van der Waals surface area contributed by atoms with Crippen LogP contribution < -0.4 is 5.32 Å². The minimum atomic E-state index is -0.952. The number of rotatable bonds is 39. The third-order valence-corrected chi connectivity index (χ3v) is 9.84. The molecule has 51 heavy (non-hydrogen) atoms. The first-order valence-electron chi connectivity index (χ1n) is 21.9. The third kappa shape index (κ3) is 37.9. The van der Waals surface area contributed by atoms with Crippen LogP contribution in [0.3, 0.4) is 0 Å². The fraction of sp³-hybridized carbons (Fsp3) is 0.804. The Labute approximate surface area is 316 Å². The second kappa shape index (κ2) is 41.1. The van der Waals surface area contributed by atoms with Crippen molar-refractivity contribution in [1.29, 1.82) is 0 Å². The van der Waals surface area contributed by atoms with Gasteiger partial charge in [0.15, 0.2) is 0 Å². The second-order valence-electron chi connectivity index (χ2n) is 14.9. The van der Waals surface area contributed by atoms with E-state index >= 15 is 0 Å². The van der Waals surface area contributed by atoms with Gasteiger partial charge in [0.25, 0.3) is 0 Å². The summed E-state index contributed by atoms with van der Waals surface area (Å²) in [5.74, 6) is -0.331. The number of hydrogen-bond donors (Lipinski definition) is 4. The molecule has 5 nitrogen and oxygen atoms in total. The Hall–Kier alpha value is -1.69. The van der Waals surface area contributed by atoms with E-state index in [2.05, 4.69) is 55.6 Å². The van der Waals surface area contributed by atoms with Gasteiger partial charge in [-0.2, -0.15) is 0 Å². The molecule has 0 saturated heterocycles. The minimum Gasteiger partial charge on any atom is -0.394 e. The monoisotopic (exact) mass is 716 g/mol. The van der Waals surface area contributed by atoms with Gasteiger partial charge in [0.05, 0.1) is 31.3 Å². The molecule has 0 fully saturated rings. The van der Waals surface area contributed by atoms with Gasteiger partial charge in [0.2, 0.25) is 5.91 Å². The van der Waals surface area contributed by atoms with Crippen LogP contribution >= 0.6 is 0 Å². The maximum Gasteiger partial charge on any atom is 0.222 e. The van der Waals surface area contributed by atoms with Crippen molar-refractivity contribution in [3.8, 4) is 0 Å². The predicted octanol–water partition coefficient (Wildman–Crippen LogP) is 12.5. The first-order chi connectivity index (χ1) is 25.0. The number of nitrogens with one attached hydrogen (secondary N) is 1. The lowest BCUT2D eigenvalue weighted by Gasteiger charge is -2.21. The second-order valence-corrected chi connectivity index (χ2v) is 14.9. The maximum absolute atomic E-state index is 12.4. The van der Waals surface area contributed by atoms with Crippen LogP contribution in [-0.4, -0.2) is 46.1 Å². The van der Waals surface area contributed by atoms with E-state index in [0.717, 1.165) is 38.5 Å². The summed E-state index contributed by atoms with van der Waals surface area (Å²) >= 11 is 0. The fourth-order valence-electron chi connectivity index (χ4n) is 6.44. The number of carbonyl (C=O) groups is 1. The van der Waals surface area contributed by atoms with Gasteiger partial charge in [0, 0.05) is 0 Å². The van der Waals surface area contributed by atoms with Crippen molar-refractivity contribution in [3.05, 3.63) is 48.6 Å². The molecule has 0 bridgehead atoms. The number of amides is 1. The first-order valence-corrected chi connectivity index (χ1v) is 21.9. The van der Waals surface area contributed by atoms with Crippen molar-refractivity contribution >= 4 is 5.91 Å². The van der Waals surface area contributed by atoms with Crippen molar-refractivity contribution in [2.24, 2.45) is 0 Å². The van der Waals surface area contributed by atoms with Gasteiger partial charge < -0.3 is 20.6 Å². The Morgan fingerprint density at radius 1 is 0.510 bits per heavy atom. The quantitative estimate of drug-likeness (QED) is 0.0377. The lowest BCUT2D eigenvalue weighted by molar-refractivity contribution is -0.124. The van der Waals surface area contributed by atoms with Crippen molar-refractivity contribution in [3.63, 3.8) is 0 Å². The molecule has 3 unspecified atom stereocenters. The van der Waals surface area contributed by atoms with Gasteiger partial charge in [-0.3, -0.25) is 4.79 Å². The van der Waals surface area contributed by atoms with Crippen molar-refractivity contribution in [1.82, 2.24) is 5.32 Å². The Kier molecular flexibility index (Phi) is 39.7. The zero-order valence-electron chi connectivity index (χ0n) is 33.7. The van der Waals surface area contributed by atoms with E-state index in [0.29, 0.717) is 6.42 Å². The molecule has 0 heterocycles. The molecule has 0 saturated carbocycles. The highest BCUT2D eigenvalue weighted by Crippen LogP contribution is 2.14. The molecule has 0 aromatic carbocycles. The van der Waals surface area contributed by atoms with Crippen LogP contribution in [0.25, 0.3) is 0 Å². The lowest BCUT2D eigenvalue weighted by Crippen LogP contribution is -2.45. The van der Waals surface area contributed by atoms with E-state index in [1.54, 1.807) is 6.08 Å². The molecule has 4 N–H and O–H groups in total. The first kappa shape index (κ1) is 49.3. The molecule has 0 aliphatic carbocycles. The van der Waals surface area contributed by atoms with E-state index in [1.807, 2.05) is 6.08 Å². The number of carbonyl (C=O) groups excluding carboxylic acids is 1. The van der Waals surface area contributed by atoms with Crippen LogP contribution in [-0.2, 0) is 4.79 Å². The molecule has 1 amide bonds. The predicted molar refractivity (Wildman–Crippen MR) is 222 cm³/mol. The van der Waals surface area contributed by atoms with Gasteiger partial charge in [-0.05, 0) is 64.2 Å². The van der Waals surface area contributed by atoms with E-state index in [9.17, 15) is 20.1 Å². The Balaban J connectivity index is 3.65. The molecule has 0 radical (unpaired) electrons. The third-order valence-electron chi connectivity index (χ3n) is 9.84. The molecule has 298 valence electrons. The molecule has 0 aromatic rings. The molecule has 0 spiro atoms. The zero-order valence-corrected chi connectivity index (χ0v) is 33.7. The van der Waals surface area contributed by atoms with Crippen LogP contribution in [0.5, 0.6) is 0 Å². The number of aliphatic hydroxyl groups is 3. The highest BCUT2D eigenvalue weighted by atomic mass is 16.3. The van der Waals surface area contributed by atoms with Crippen LogP contribution in [0.15, 0.2) is 48.6 Å². The topological polar surface area (TPSA) is 89.8 Å². The minimum absolute atomic E-state index is 0.00145. The van der Waals surface area contributed by atoms with E-state index in [1.165, 1.54) is 148 Å². The summed E-state index contributed by atoms with van der Waals surface area (Å²) in [5.41, 5.74) is 0. The van der Waals surface area contributed by atoms with Gasteiger partial charge in [-0.25, -0.2) is 0 Å². The number of allylic oxidation sites excluding steroid dienone is 7. The van der Waals surface area contributed by atoms with E-state index in [4.69, 9.17) is 0 Å². The normalized spacial score (nSPS) is 14.1. The van der Waals surface area contributed by atoms with Crippen molar-refractivity contribution in [2.45, 2.75) is 231 Å². The molecule has 0 aliphatic heterocycles. The highest BCUT2D eigenvalue weighted by Gasteiger charge is 2.20. The average molecular weight is 716 g/mol. The van der Waals surface area contributed by atoms with Crippen LogP contribution in [0.2, 0.25) is 0 Å². The maximum atomic E-state index is 12.4. The number of unbranched alkanes of at least 4 members (excludes halogenated alkanes) is 24. The summed E-state index contributed by atoms with van der Waals surface area (Å²) in [7, 11) is 0. The molecular formula is C46H85NO4. The molecule has 0 rings (SSSR count). The molecule has 0 aliphatic rings. The Morgan fingerprint density at radius 2 is 0.902 bits per heavy atom. The van der Waals surface area contributed by atoms with Crippen LogP contribution in [0, 0.1) is 0 Å². The molecular weight excluding hydrogens is 631 g/mol.